The van der Waals surface area contributed by atoms with Gasteiger partial charge in [0.2, 0.25) is 5.91 Å². The van der Waals surface area contributed by atoms with E-state index in [0.717, 1.165) is 26.9 Å². The van der Waals surface area contributed by atoms with Crippen LogP contribution in [0.5, 0.6) is 0 Å². The molecule has 0 fully saturated rings. The summed E-state index contributed by atoms with van der Waals surface area (Å²) in [6, 6.07) is 24.9. The molecule has 0 unspecified atom stereocenters. The van der Waals surface area contributed by atoms with Crippen molar-refractivity contribution in [2.45, 2.75) is 32.1 Å². The average molecular weight is 479 g/mol. The van der Waals surface area contributed by atoms with Gasteiger partial charge in [0, 0.05) is 6.42 Å². The van der Waals surface area contributed by atoms with Gasteiger partial charge < -0.3 is 0 Å². The number of fused-ring (bicyclic) bond motifs is 1. The third kappa shape index (κ3) is 6.06. The number of anilines is 1. The number of rotatable bonds is 9. The minimum absolute atomic E-state index is 0.00704. The van der Waals surface area contributed by atoms with E-state index in [1.807, 2.05) is 73.7 Å². The maximum Gasteiger partial charge on any atom is 0.229 e. The van der Waals surface area contributed by atoms with Crippen LogP contribution >= 0.6 is 11.3 Å². The number of hydrogen-bond acceptors (Lipinski definition) is 5. The molecule has 0 N–H and O–H groups in total. The molecule has 1 amide bonds. The first kappa shape index (κ1) is 23.1. The highest BCUT2D eigenvalue weighted by atomic mass is 32.2. The maximum absolute atomic E-state index is 13.3. The summed E-state index contributed by atoms with van der Waals surface area (Å²) < 4.78 is 26.1. The van der Waals surface area contributed by atoms with E-state index in [9.17, 15) is 13.2 Å². The van der Waals surface area contributed by atoms with E-state index in [1.54, 1.807) is 17.0 Å². The normalized spacial score (nSPS) is 11.5. The number of amides is 1. The van der Waals surface area contributed by atoms with Crippen molar-refractivity contribution < 1.29 is 13.2 Å². The van der Waals surface area contributed by atoms with Crippen LogP contribution in [0.2, 0.25) is 0 Å². The molecule has 5 nitrogen and oxygen atoms in total. The number of thiazole rings is 1. The first-order valence-electron chi connectivity index (χ1n) is 10.9. The van der Waals surface area contributed by atoms with Gasteiger partial charge in [-0.15, -0.1) is 0 Å². The summed E-state index contributed by atoms with van der Waals surface area (Å²) in [5.74, 6) is -0.149. The van der Waals surface area contributed by atoms with Crippen LogP contribution in [0, 0.1) is 6.92 Å². The number of hydrogen-bond donors (Lipinski definition) is 0. The minimum Gasteiger partial charge on any atom is -0.284 e. The van der Waals surface area contributed by atoms with Gasteiger partial charge in [-0.2, -0.15) is 0 Å². The molecule has 0 radical (unpaired) electrons. The number of carbonyl (C=O) groups is 1. The number of benzene rings is 3. The minimum atomic E-state index is -3.29. The summed E-state index contributed by atoms with van der Waals surface area (Å²) >= 11 is 1.48. The lowest BCUT2D eigenvalue weighted by Gasteiger charge is -2.20. The smallest absolute Gasteiger partial charge is 0.229 e. The van der Waals surface area contributed by atoms with Crippen molar-refractivity contribution in [1.29, 1.82) is 0 Å². The summed E-state index contributed by atoms with van der Waals surface area (Å²) in [6.07, 6.45) is 0.430. The molecule has 0 saturated heterocycles. The monoisotopic (exact) mass is 478 g/mol. The second kappa shape index (κ2) is 10.3. The van der Waals surface area contributed by atoms with Gasteiger partial charge in [-0.25, -0.2) is 13.4 Å². The van der Waals surface area contributed by atoms with Crippen LogP contribution in [0.15, 0.2) is 78.9 Å². The van der Waals surface area contributed by atoms with Gasteiger partial charge in [0.15, 0.2) is 15.0 Å². The van der Waals surface area contributed by atoms with E-state index in [4.69, 9.17) is 4.98 Å². The van der Waals surface area contributed by atoms with Crippen LogP contribution in [-0.4, -0.2) is 25.1 Å². The lowest BCUT2D eigenvalue weighted by molar-refractivity contribution is -0.118. The number of carbonyl (C=O) groups excluding carboxylic acids is 1. The highest BCUT2D eigenvalue weighted by molar-refractivity contribution is 7.90. The average Bonchev–Trinajstić information content (AvgIpc) is 3.24. The molecule has 7 heteroatoms. The zero-order valence-corrected chi connectivity index (χ0v) is 20.1. The largest absolute Gasteiger partial charge is 0.284 e. The zero-order valence-electron chi connectivity index (χ0n) is 18.5. The molecule has 0 bridgehead atoms. The molecule has 0 atom stereocenters. The highest BCUT2D eigenvalue weighted by Crippen LogP contribution is 2.32. The number of para-hydroxylation sites is 1. The Bertz CT molecular complexity index is 1330. The summed E-state index contributed by atoms with van der Waals surface area (Å²) in [4.78, 5) is 19.7. The Hall–Kier alpha value is -3.03. The van der Waals surface area contributed by atoms with Crippen LogP contribution in [-0.2, 0) is 26.9 Å². The first-order chi connectivity index (χ1) is 15.9. The van der Waals surface area contributed by atoms with Crippen LogP contribution < -0.4 is 4.90 Å². The summed E-state index contributed by atoms with van der Waals surface area (Å²) in [7, 11) is -3.29. The van der Waals surface area contributed by atoms with Crippen molar-refractivity contribution in [3.63, 3.8) is 0 Å². The Morgan fingerprint density at radius 2 is 1.58 bits per heavy atom. The molecule has 1 heterocycles. The zero-order chi connectivity index (χ0) is 23.3. The molecule has 4 rings (SSSR count). The second-order valence-corrected chi connectivity index (χ2v) is 11.3. The van der Waals surface area contributed by atoms with E-state index in [2.05, 4.69) is 0 Å². The Balaban J connectivity index is 1.49. The predicted octanol–water partition coefficient (Wildman–Crippen LogP) is 5.53. The van der Waals surface area contributed by atoms with E-state index in [-0.39, 0.29) is 30.3 Å². The molecule has 33 heavy (non-hydrogen) atoms. The predicted molar refractivity (Wildman–Crippen MR) is 135 cm³/mol. The molecule has 0 aliphatic carbocycles. The topological polar surface area (TPSA) is 67.3 Å². The first-order valence-corrected chi connectivity index (χ1v) is 13.5. The fourth-order valence-electron chi connectivity index (χ4n) is 3.70. The SMILES string of the molecule is Cc1cccc2sc(N(Cc3ccccc3)C(=O)CCCS(=O)(=O)Cc3ccccc3)nc12. The van der Waals surface area contributed by atoms with Crippen molar-refractivity contribution >= 4 is 42.4 Å². The lowest BCUT2D eigenvalue weighted by Crippen LogP contribution is -2.30. The highest BCUT2D eigenvalue weighted by Gasteiger charge is 2.21. The van der Waals surface area contributed by atoms with Crippen molar-refractivity contribution in [1.82, 2.24) is 4.98 Å². The molecule has 0 aliphatic rings. The standard InChI is InChI=1S/C26H26N2O3S2/c1-20-10-8-15-23-25(20)27-26(32-23)28(18-21-11-4-2-5-12-21)24(29)16-9-17-33(30,31)19-22-13-6-3-7-14-22/h2-8,10-15H,9,16-19H2,1H3. The molecule has 3 aromatic carbocycles. The van der Waals surface area contributed by atoms with Crippen LogP contribution in [0.25, 0.3) is 10.2 Å². The van der Waals surface area contributed by atoms with E-state index >= 15 is 0 Å². The van der Waals surface area contributed by atoms with Crippen molar-refractivity contribution in [3.05, 3.63) is 95.6 Å². The van der Waals surface area contributed by atoms with Gasteiger partial charge in [0.05, 0.1) is 28.3 Å². The van der Waals surface area contributed by atoms with Crippen molar-refractivity contribution in [2.75, 3.05) is 10.7 Å². The number of nitrogens with zero attached hydrogens (tertiary/aromatic N) is 2. The Morgan fingerprint density at radius 3 is 2.24 bits per heavy atom. The Morgan fingerprint density at radius 1 is 0.909 bits per heavy atom. The maximum atomic E-state index is 13.3. The van der Waals surface area contributed by atoms with E-state index in [0.29, 0.717) is 11.7 Å². The molecule has 0 spiro atoms. The summed E-state index contributed by atoms with van der Waals surface area (Å²) in [6.45, 7) is 2.40. The molecule has 1 aromatic heterocycles. The number of aromatic nitrogens is 1. The number of sulfone groups is 1. The van der Waals surface area contributed by atoms with E-state index < -0.39 is 9.84 Å². The molecule has 0 aliphatic heterocycles. The third-order valence-electron chi connectivity index (χ3n) is 5.40. The van der Waals surface area contributed by atoms with Crippen molar-refractivity contribution in [2.24, 2.45) is 0 Å². The summed E-state index contributed by atoms with van der Waals surface area (Å²) in [5.41, 5.74) is 3.72. The van der Waals surface area contributed by atoms with Crippen LogP contribution in [0.1, 0.15) is 29.5 Å². The van der Waals surface area contributed by atoms with Gasteiger partial charge in [0.25, 0.3) is 0 Å². The molecule has 4 aromatic rings. The second-order valence-electron chi connectivity index (χ2n) is 8.06. The lowest BCUT2D eigenvalue weighted by atomic mass is 10.2. The Kier molecular flexibility index (Phi) is 7.20. The molecular formula is C26H26N2O3S2. The molecule has 170 valence electrons. The van der Waals surface area contributed by atoms with Crippen LogP contribution in [0.3, 0.4) is 0 Å². The Labute approximate surface area is 198 Å². The fraction of sp³-hybridized carbons (Fsp3) is 0.231. The van der Waals surface area contributed by atoms with Gasteiger partial charge in [-0.05, 0) is 36.1 Å². The van der Waals surface area contributed by atoms with Crippen molar-refractivity contribution in [3.8, 4) is 0 Å². The van der Waals surface area contributed by atoms with Gasteiger partial charge in [0.1, 0.15) is 0 Å². The van der Waals surface area contributed by atoms with Gasteiger partial charge >= 0.3 is 0 Å². The quantitative estimate of drug-likeness (QED) is 0.317. The molecule has 0 saturated carbocycles. The van der Waals surface area contributed by atoms with E-state index in [1.165, 1.54) is 11.3 Å². The van der Waals surface area contributed by atoms with Gasteiger partial charge in [-0.3, -0.25) is 9.69 Å². The third-order valence-corrected chi connectivity index (χ3v) is 8.13. The van der Waals surface area contributed by atoms with Gasteiger partial charge in [-0.1, -0.05) is 84.1 Å². The fourth-order valence-corrected chi connectivity index (χ4v) is 6.19. The van der Waals surface area contributed by atoms with Crippen LogP contribution in [0.4, 0.5) is 5.13 Å². The summed E-state index contributed by atoms with van der Waals surface area (Å²) in [5, 5.41) is 0.639. The molecular weight excluding hydrogens is 452 g/mol. The number of aryl methyl sites for hydroxylation is 1.